The van der Waals surface area contributed by atoms with Crippen molar-refractivity contribution in [1.29, 1.82) is 0 Å². The van der Waals surface area contributed by atoms with Gasteiger partial charge in [0.15, 0.2) is 0 Å². The third-order valence-electron chi connectivity index (χ3n) is 4.00. The highest BCUT2D eigenvalue weighted by molar-refractivity contribution is 4.83. The lowest BCUT2D eigenvalue weighted by molar-refractivity contribution is 0.0502. The molecule has 0 aromatic rings. The third kappa shape index (κ3) is 3.19. The number of hydrogen-bond donors (Lipinski definition) is 0. The molecule has 16 heavy (non-hydrogen) atoms. The molecule has 94 valence electrons. The van der Waals surface area contributed by atoms with Crippen LogP contribution in [-0.4, -0.2) is 73.6 Å². The monoisotopic (exact) mass is 225 g/mol. The van der Waals surface area contributed by atoms with Crippen molar-refractivity contribution < 1.29 is 0 Å². The van der Waals surface area contributed by atoms with Crippen LogP contribution in [0.15, 0.2) is 0 Å². The maximum absolute atomic E-state index is 2.67. The molecule has 0 N–H and O–H groups in total. The average Bonchev–Trinajstić information content (AvgIpc) is 2.25. The summed E-state index contributed by atoms with van der Waals surface area (Å²) in [5, 5.41) is 0. The van der Waals surface area contributed by atoms with Gasteiger partial charge in [0.25, 0.3) is 0 Å². The van der Waals surface area contributed by atoms with Crippen LogP contribution < -0.4 is 0 Å². The minimum Gasteiger partial charge on any atom is -0.303 e. The molecular weight excluding hydrogens is 198 g/mol. The number of likely N-dealkylation sites (tertiary alicyclic amines) is 1. The Bertz CT molecular complexity index is 193. The van der Waals surface area contributed by atoms with Crippen LogP contribution >= 0.6 is 0 Å². The van der Waals surface area contributed by atoms with E-state index in [2.05, 4.69) is 28.5 Å². The van der Waals surface area contributed by atoms with Crippen LogP contribution in [0.4, 0.5) is 0 Å². The fourth-order valence-electron chi connectivity index (χ4n) is 2.93. The summed E-state index contributed by atoms with van der Waals surface area (Å²) in [5.74, 6) is 0.956. The number of nitrogens with zero attached hydrogens (tertiary/aromatic N) is 3. The Labute approximate surface area is 100 Å². The summed E-state index contributed by atoms with van der Waals surface area (Å²) in [4.78, 5) is 7.82. The summed E-state index contributed by atoms with van der Waals surface area (Å²) in [6, 6.07) is 0. The quantitative estimate of drug-likeness (QED) is 0.690. The largest absolute Gasteiger partial charge is 0.303 e. The highest BCUT2D eigenvalue weighted by atomic mass is 15.3. The third-order valence-corrected chi connectivity index (χ3v) is 4.00. The first-order valence-electron chi connectivity index (χ1n) is 6.99. The normalized spacial score (nSPS) is 25.9. The molecule has 3 heteroatoms. The highest BCUT2D eigenvalue weighted by Gasteiger charge is 2.28. The van der Waals surface area contributed by atoms with E-state index in [0.29, 0.717) is 0 Å². The van der Waals surface area contributed by atoms with Crippen LogP contribution in [0.3, 0.4) is 0 Å². The summed E-state index contributed by atoms with van der Waals surface area (Å²) in [7, 11) is 0. The summed E-state index contributed by atoms with van der Waals surface area (Å²) in [5.41, 5.74) is 0. The molecule has 0 amide bonds. The van der Waals surface area contributed by atoms with E-state index >= 15 is 0 Å². The zero-order chi connectivity index (χ0) is 11.4. The lowest BCUT2D eigenvalue weighted by Gasteiger charge is -2.43. The number of hydrogen-bond acceptors (Lipinski definition) is 3. The Hall–Kier alpha value is -0.120. The Morgan fingerprint density at radius 2 is 1.50 bits per heavy atom. The fourth-order valence-corrected chi connectivity index (χ4v) is 2.93. The molecule has 0 spiro atoms. The molecule has 3 nitrogen and oxygen atoms in total. The molecule has 2 fully saturated rings. The van der Waals surface area contributed by atoms with Crippen molar-refractivity contribution in [3.05, 3.63) is 0 Å². The molecule has 0 aromatic heterocycles. The predicted molar refractivity (Wildman–Crippen MR) is 68.8 cm³/mol. The minimum absolute atomic E-state index is 0.956. The van der Waals surface area contributed by atoms with Gasteiger partial charge in [-0.1, -0.05) is 13.8 Å². The number of piperazine rings is 1. The molecular formula is C13H27N3. The van der Waals surface area contributed by atoms with Gasteiger partial charge in [-0.25, -0.2) is 0 Å². The molecule has 0 bridgehead atoms. The Kier molecular flexibility index (Phi) is 4.62. The van der Waals surface area contributed by atoms with Crippen LogP contribution in [0, 0.1) is 5.92 Å². The molecule has 2 aliphatic heterocycles. The molecule has 0 unspecified atom stereocenters. The lowest BCUT2D eigenvalue weighted by atomic mass is 9.99. The average molecular weight is 225 g/mol. The van der Waals surface area contributed by atoms with Gasteiger partial charge in [0.1, 0.15) is 0 Å². The Morgan fingerprint density at radius 1 is 0.875 bits per heavy atom. The maximum Gasteiger partial charge on any atom is 0.0110 e. The van der Waals surface area contributed by atoms with Gasteiger partial charge in [-0.05, 0) is 25.4 Å². The number of rotatable bonds is 5. The smallest absolute Gasteiger partial charge is 0.0110 e. The van der Waals surface area contributed by atoms with Gasteiger partial charge in [-0.2, -0.15) is 0 Å². The van der Waals surface area contributed by atoms with Crippen molar-refractivity contribution in [2.45, 2.75) is 20.3 Å². The molecule has 0 radical (unpaired) electrons. The Morgan fingerprint density at radius 3 is 2.06 bits per heavy atom. The van der Waals surface area contributed by atoms with Crippen molar-refractivity contribution in [3.63, 3.8) is 0 Å². The van der Waals surface area contributed by atoms with Crippen LogP contribution in [0.5, 0.6) is 0 Å². The van der Waals surface area contributed by atoms with Gasteiger partial charge in [-0.15, -0.1) is 0 Å². The molecule has 2 aliphatic rings. The van der Waals surface area contributed by atoms with Crippen molar-refractivity contribution in [2.24, 2.45) is 5.92 Å². The summed E-state index contributed by atoms with van der Waals surface area (Å²) in [6.07, 6.45) is 1.30. The van der Waals surface area contributed by atoms with Crippen molar-refractivity contribution in [2.75, 3.05) is 58.9 Å². The van der Waals surface area contributed by atoms with Gasteiger partial charge in [0, 0.05) is 45.8 Å². The summed E-state index contributed by atoms with van der Waals surface area (Å²) in [6.45, 7) is 16.3. The van der Waals surface area contributed by atoms with Crippen LogP contribution in [0.1, 0.15) is 20.3 Å². The van der Waals surface area contributed by atoms with Crippen molar-refractivity contribution >= 4 is 0 Å². The first-order chi connectivity index (χ1) is 7.81. The first-order valence-corrected chi connectivity index (χ1v) is 6.99. The first kappa shape index (κ1) is 12.3. The standard InChI is InChI=1S/C13H27N3/c1-3-5-15-6-8-16(9-7-15)12-13-10-14(4-2)11-13/h13H,3-12H2,1-2H3. The SMILES string of the molecule is CCCN1CCN(CC2CN(CC)C2)CC1. The minimum atomic E-state index is 0.956. The second kappa shape index (κ2) is 5.99. The Balaban J connectivity index is 1.59. The van der Waals surface area contributed by atoms with Crippen LogP contribution in [0.2, 0.25) is 0 Å². The van der Waals surface area contributed by atoms with E-state index in [4.69, 9.17) is 0 Å². The molecule has 0 aromatic carbocycles. The molecule has 0 atom stereocenters. The summed E-state index contributed by atoms with van der Waals surface area (Å²) >= 11 is 0. The molecule has 2 heterocycles. The zero-order valence-electron chi connectivity index (χ0n) is 11.0. The lowest BCUT2D eigenvalue weighted by Crippen LogP contribution is -2.54. The van der Waals surface area contributed by atoms with E-state index in [0.717, 1.165) is 5.92 Å². The van der Waals surface area contributed by atoms with Crippen LogP contribution in [-0.2, 0) is 0 Å². The van der Waals surface area contributed by atoms with Gasteiger partial charge >= 0.3 is 0 Å². The second-order valence-corrected chi connectivity index (χ2v) is 5.36. The molecule has 0 saturated carbocycles. The van der Waals surface area contributed by atoms with Gasteiger partial charge in [-0.3, -0.25) is 0 Å². The van der Waals surface area contributed by atoms with Crippen molar-refractivity contribution in [1.82, 2.24) is 14.7 Å². The van der Waals surface area contributed by atoms with E-state index in [-0.39, 0.29) is 0 Å². The van der Waals surface area contributed by atoms with E-state index in [9.17, 15) is 0 Å². The van der Waals surface area contributed by atoms with E-state index in [1.165, 1.54) is 65.3 Å². The van der Waals surface area contributed by atoms with E-state index in [1.54, 1.807) is 0 Å². The van der Waals surface area contributed by atoms with Crippen molar-refractivity contribution in [3.8, 4) is 0 Å². The maximum atomic E-state index is 2.67. The highest BCUT2D eigenvalue weighted by Crippen LogP contribution is 2.16. The van der Waals surface area contributed by atoms with Gasteiger partial charge in [0.2, 0.25) is 0 Å². The van der Waals surface area contributed by atoms with Gasteiger partial charge < -0.3 is 14.7 Å². The predicted octanol–water partition coefficient (Wildman–Crippen LogP) is 0.966. The molecule has 0 aliphatic carbocycles. The van der Waals surface area contributed by atoms with E-state index in [1.807, 2.05) is 0 Å². The topological polar surface area (TPSA) is 9.72 Å². The molecule has 2 saturated heterocycles. The van der Waals surface area contributed by atoms with Crippen LogP contribution in [0.25, 0.3) is 0 Å². The second-order valence-electron chi connectivity index (χ2n) is 5.36. The summed E-state index contributed by atoms with van der Waals surface area (Å²) < 4.78 is 0. The van der Waals surface area contributed by atoms with E-state index < -0.39 is 0 Å². The fraction of sp³-hybridized carbons (Fsp3) is 1.00. The molecule has 2 rings (SSSR count). The zero-order valence-corrected chi connectivity index (χ0v) is 11.0. The van der Waals surface area contributed by atoms with Gasteiger partial charge in [0.05, 0.1) is 0 Å².